The van der Waals surface area contributed by atoms with Crippen molar-refractivity contribution in [3.63, 3.8) is 0 Å². The van der Waals surface area contributed by atoms with Gasteiger partial charge in [-0.1, -0.05) is 6.92 Å². The van der Waals surface area contributed by atoms with E-state index in [2.05, 4.69) is 37.2 Å². The van der Waals surface area contributed by atoms with Crippen LogP contribution in [0.1, 0.15) is 24.3 Å². The van der Waals surface area contributed by atoms with Gasteiger partial charge in [-0.3, -0.25) is 4.79 Å². The molecule has 2 N–H and O–H groups in total. The predicted molar refractivity (Wildman–Crippen MR) is 68.4 cm³/mol. The first-order valence-electron chi connectivity index (χ1n) is 4.47. The number of carboxylic acids is 1. The first kappa shape index (κ1) is 13.2. The molecule has 1 rings (SSSR count). The summed E-state index contributed by atoms with van der Waals surface area (Å²) in [5.74, 6) is -0.843. The van der Waals surface area contributed by atoms with Crippen LogP contribution in [-0.4, -0.2) is 17.6 Å². The van der Waals surface area contributed by atoms with Crippen molar-refractivity contribution in [2.75, 3.05) is 6.54 Å². The van der Waals surface area contributed by atoms with Crippen molar-refractivity contribution in [3.05, 3.63) is 19.2 Å². The van der Waals surface area contributed by atoms with Gasteiger partial charge in [0, 0.05) is 9.35 Å². The highest BCUT2D eigenvalue weighted by Gasteiger charge is 2.21. The molecule has 0 spiro atoms. The Hall–Kier alpha value is 0.0900. The monoisotopic (exact) mass is 355 g/mol. The maximum atomic E-state index is 11.0. The first-order chi connectivity index (χ1) is 7.06. The summed E-state index contributed by atoms with van der Waals surface area (Å²) in [6.07, 6.45) is 0.914. The van der Waals surface area contributed by atoms with Gasteiger partial charge in [-0.05, 0) is 50.9 Å². The number of aliphatic carboxylic acids is 1. The van der Waals surface area contributed by atoms with E-state index in [-0.39, 0.29) is 0 Å². The van der Waals surface area contributed by atoms with Crippen molar-refractivity contribution < 1.29 is 9.90 Å². The molecule has 0 saturated carbocycles. The third-order valence-corrected chi connectivity index (χ3v) is 5.12. The number of hydrogen-bond donors (Lipinski definition) is 2. The van der Waals surface area contributed by atoms with Gasteiger partial charge < -0.3 is 10.4 Å². The lowest BCUT2D eigenvalue weighted by molar-refractivity contribution is -0.139. The van der Waals surface area contributed by atoms with E-state index < -0.39 is 12.0 Å². The Morgan fingerprint density at radius 2 is 2.33 bits per heavy atom. The molecule has 0 amide bonds. The number of halogens is 2. The number of carboxylic acid groups (broad SMARTS) is 1. The molecule has 1 heterocycles. The number of nitrogens with one attached hydrogen (secondary N) is 1. The van der Waals surface area contributed by atoms with E-state index in [0.29, 0.717) is 6.54 Å². The van der Waals surface area contributed by atoms with Gasteiger partial charge in [-0.25, -0.2) is 0 Å². The van der Waals surface area contributed by atoms with E-state index in [1.54, 1.807) is 0 Å². The standard InChI is InChI=1S/C9H11Br2NO2S/c1-2-3-12-7(9(13)14)6-4-5(10)8(11)15-6/h4,7,12H,2-3H2,1H3,(H,13,14). The van der Waals surface area contributed by atoms with Gasteiger partial charge in [0.1, 0.15) is 6.04 Å². The molecule has 1 aromatic rings. The van der Waals surface area contributed by atoms with Crippen LogP contribution in [-0.2, 0) is 4.79 Å². The zero-order chi connectivity index (χ0) is 11.4. The quantitative estimate of drug-likeness (QED) is 0.850. The third kappa shape index (κ3) is 3.55. The minimum Gasteiger partial charge on any atom is -0.480 e. The minimum atomic E-state index is -0.843. The summed E-state index contributed by atoms with van der Waals surface area (Å²) < 4.78 is 1.81. The van der Waals surface area contributed by atoms with Gasteiger partial charge in [0.25, 0.3) is 0 Å². The van der Waals surface area contributed by atoms with E-state index in [9.17, 15) is 4.79 Å². The Labute approximate surface area is 109 Å². The molecular formula is C9H11Br2NO2S. The van der Waals surface area contributed by atoms with Crippen molar-refractivity contribution in [1.82, 2.24) is 5.32 Å². The topological polar surface area (TPSA) is 49.3 Å². The second kappa shape index (κ2) is 5.98. The van der Waals surface area contributed by atoms with E-state index in [1.165, 1.54) is 11.3 Å². The molecule has 15 heavy (non-hydrogen) atoms. The van der Waals surface area contributed by atoms with Crippen LogP contribution in [0, 0.1) is 0 Å². The second-order valence-corrected chi connectivity index (χ2v) is 6.25. The molecule has 0 radical (unpaired) electrons. The Morgan fingerprint density at radius 1 is 1.67 bits per heavy atom. The molecule has 0 aliphatic carbocycles. The zero-order valence-electron chi connectivity index (χ0n) is 8.09. The molecule has 0 aliphatic rings. The lowest BCUT2D eigenvalue weighted by atomic mass is 10.2. The average Bonchev–Trinajstić information content (AvgIpc) is 2.47. The molecule has 1 unspecified atom stereocenters. The molecule has 0 saturated heterocycles. The fourth-order valence-electron chi connectivity index (χ4n) is 1.10. The fraction of sp³-hybridized carbons (Fsp3) is 0.444. The van der Waals surface area contributed by atoms with Crippen molar-refractivity contribution in [3.8, 4) is 0 Å². The summed E-state index contributed by atoms with van der Waals surface area (Å²) >= 11 is 8.12. The van der Waals surface area contributed by atoms with Gasteiger partial charge in [0.05, 0.1) is 3.79 Å². The van der Waals surface area contributed by atoms with Gasteiger partial charge in [-0.2, -0.15) is 0 Å². The minimum absolute atomic E-state index is 0.613. The van der Waals surface area contributed by atoms with Crippen LogP contribution in [0.2, 0.25) is 0 Å². The van der Waals surface area contributed by atoms with Crippen LogP contribution in [0.25, 0.3) is 0 Å². The van der Waals surface area contributed by atoms with Gasteiger partial charge >= 0.3 is 5.97 Å². The Kier molecular flexibility index (Phi) is 5.25. The second-order valence-electron chi connectivity index (χ2n) is 3.00. The van der Waals surface area contributed by atoms with Crippen LogP contribution in [0.3, 0.4) is 0 Å². The summed E-state index contributed by atoms with van der Waals surface area (Å²) in [7, 11) is 0. The molecule has 1 atom stereocenters. The molecular weight excluding hydrogens is 346 g/mol. The van der Waals surface area contributed by atoms with E-state index in [0.717, 1.165) is 19.6 Å². The van der Waals surface area contributed by atoms with E-state index in [1.807, 2.05) is 13.0 Å². The number of carbonyl (C=O) groups is 1. The van der Waals surface area contributed by atoms with Crippen LogP contribution in [0.4, 0.5) is 0 Å². The maximum Gasteiger partial charge on any atom is 0.326 e. The number of hydrogen-bond acceptors (Lipinski definition) is 3. The van der Waals surface area contributed by atoms with E-state index in [4.69, 9.17) is 5.11 Å². The average molecular weight is 357 g/mol. The molecule has 0 aliphatic heterocycles. The third-order valence-electron chi connectivity index (χ3n) is 1.79. The Bertz CT molecular complexity index is 334. The van der Waals surface area contributed by atoms with Crippen molar-refractivity contribution in [2.45, 2.75) is 19.4 Å². The Morgan fingerprint density at radius 3 is 2.73 bits per heavy atom. The molecule has 1 aromatic heterocycles. The summed E-state index contributed by atoms with van der Waals surface area (Å²) in [5, 5.41) is 12.1. The fourth-order valence-corrected chi connectivity index (χ4v) is 3.26. The largest absolute Gasteiger partial charge is 0.480 e. The lowest BCUT2D eigenvalue weighted by Gasteiger charge is -2.11. The Balaban J connectivity index is 2.84. The highest BCUT2D eigenvalue weighted by atomic mass is 79.9. The van der Waals surface area contributed by atoms with Gasteiger partial charge in [-0.15, -0.1) is 11.3 Å². The zero-order valence-corrected chi connectivity index (χ0v) is 12.1. The predicted octanol–water partition coefficient (Wildman–Crippen LogP) is 3.40. The summed E-state index contributed by atoms with van der Waals surface area (Å²) in [5.41, 5.74) is 0. The normalized spacial score (nSPS) is 12.7. The van der Waals surface area contributed by atoms with Crippen LogP contribution >= 0.6 is 43.2 Å². The van der Waals surface area contributed by atoms with Crippen molar-refractivity contribution in [2.24, 2.45) is 0 Å². The molecule has 0 aromatic carbocycles. The van der Waals surface area contributed by atoms with Crippen molar-refractivity contribution in [1.29, 1.82) is 0 Å². The SMILES string of the molecule is CCCNC(C(=O)O)c1cc(Br)c(Br)s1. The van der Waals surface area contributed by atoms with Crippen LogP contribution in [0.15, 0.2) is 14.3 Å². The number of rotatable bonds is 5. The summed E-state index contributed by atoms with van der Waals surface area (Å²) in [4.78, 5) is 11.8. The molecule has 6 heteroatoms. The molecule has 84 valence electrons. The van der Waals surface area contributed by atoms with Crippen LogP contribution in [0.5, 0.6) is 0 Å². The molecule has 0 fully saturated rings. The van der Waals surface area contributed by atoms with Crippen molar-refractivity contribution >= 4 is 49.2 Å². The summed E-state index contributed by atoms with van der Waals surface area (Å²) in [6.45, 7) is 2.70. The highest BCUT2D eigenvalue weighted by molar-refractivity contribution is 9.13. The first-order valence-corrected chi connectivity index (χ1v) is 6.87. The maximum absolute atomic E-state index is 11.0. The lowest BCUT2D eigenvalue weighted by Crippen LogP contribution is -2.28. The molecule has 3 nitrogen and oxygen atoms in total. The molecule has 0 bridgehead atoms. The van der Waals surface area contributed by atoms with E-state index >= 15 is 0 Å². The highest BCUT2D eigenvalue weighted by Crippen LogP contribution is 2.35. The summed E-state index contributed by atoms with van der Waals surface area (Å²) in [6, 6.07) is 1.22. The van der Waals surface area contributed by atoms with Gasteiger partial charge in [0.15, 0.2) is 0 Å². The van der Waals surface area contributed by atoms with Gasteiger partial charge in [0.2, 0.25) is 0 Å². The van der Waals surface area contributed by atoms with Crippen LogP contribution < -0.4 is 5.32 Å². The number of thiophene rings is 1. The smallest absolute Gasteiger partial charge is 0.326 e.